The molecule has 0 spiro atoms. The molecule has 0 atom stereocenters. The van der Waals surface area contributed by atoms with E-state index in [4.69, 9.17) is 9.40 Å². The molecule has 0 bridgehead atoms. The molecule has 272 valence electrons. The van der Waals surface area contributed by atoms with Crippen LogP contribution in [0.15, 0.2) is 120 Å². The smallest absolute Gasteiger partial charge is 0.149 e. The van der Waals surface area contributed by atoms with Crippen molar-refractivity contribution >= 4 is 33.0 Å². The third-order valence-electron chi connectivity index (χ3n) is 10.9. The minimum atomic E-state index is -0.300. The number of furan rings is 1. The average Bonchev–Trinajstić information content (AvgIpc) is 3.70. The van der Waals surface area contributed by atoms with Gasteiger partial charge in [0.05, 0.1) is 22.3 Å². The zero-order chi connectivity index (χ0) is 38.3. The van der Waals surface area contributed by atoms with Crippen molar-refractivity contribution in [2.45, 2.75) is 85.5 Å². The highest BCUT2D eigenvalue weighted by atomic mass is 16.3. The molecule has 0 radical (unpaired) electrons. The summed E-state index contributed by atoms with van der Waals surface area (Å²) >= 11 is 0. The quantitative estimate of drug-likeness (QED) is 0.198. The first kappa shape index (κ1) is 35.4. The lowest BCUT2D eigenvalue weighted by Crippen LogP contribution is -2.17. The van der Waals surface area contributed by atoms with E-state index in [9.17, 15) is 5.11 Å². The zero-order valence-corrected chi connectivity index (χ0v) is 33.2. The molecule has 2 aromatic heterocycles. The van der Waals surface area contributed by atoms with Crippen LogP contribution in [0.1, 0.15) is 84.6 Å². The summed E-state index contributed by atoms with van der Waals surface area (Å²) < 4.78 is 8.61. The molecule has 0 aliphatic carbocycles. The van der Waals surface area contributed by atoms with Crippen molar-refractivity contribution in [1.29, 1.82) is 0 Å². The maximum Gasteiger partial charge on any atom is 0.149 e. The predicted octanol–water partition coefficient (Wildman–Crippen LogP) is 13.8. The van der Waals surface area contributed by atoms with Gasteiger partial charge in [-0.05, 0) is 93.5 Å². The number of nitrogens with zero attached hydrogens (tertiary/aromatic N) is 2. The summed E-state index contributed by atoms with van der Waals surface area (Å²) in [5, 5.41) is 14.5. The first-order chi connectivity index (χ1) is 25.5. The number of fused-ring (bicyclic) bond motifs is 4. The molecule has 1 N–H and O–H groups in total. The SMILES string of the molecule is Cc1cc(-c2cccc3c2nc(-c2cc(C(C)(C)C)cc(C(C)(C)C)c2O)n3-c2ccc(C(C)(C)C)cc2-c2ccccc2)cc2c1oc1ccccc12. The van der Waals surface area contributed by atoms with Gasteiger partial charge < -0.3 is 9.52 Å². The number of aryl methyl sites for hydroxylation is 1. The van der Waals surface area contributed by atoms with E-state index in [-0.39, 0.29) is 22.0 Å². The minimum Gasteiger partial charge on any atom is -0.507 e. The number of hydrogen-bond donors (Lipinski definition) is 1. The van der Waals surface area contributed by atoms with Crippen molar-refractivity contribution in [3.8, 4) is 45.1 Å². The standard InChI is InChI=1S/C50H50N2O2/c1-30-25-32(26-38-36-19-14-15-22-43(36)54-46(30)38)35-20-16-21-42-44(35)51-47(39-28-34(49(5,6)7)29-40(45(39)53)50(8,9)10)52(42)41-24-23-33(48(2,3)4)27-37(41)31-17-12-11-13-18-31/h11-29,53H,1-10H3. The Balaban J connectivity index is 1.51. The number of rotatable bonds is 4. The second-order valence-electron chi connectivity index (χ2n) is 18.0. The summed E-state index contributed by atoms with van der Waals surface area (Å²) in [4.78, 5) is 5.59. The van der Waals surface area contributed by atoms with Crippen molar-refractivity contribution in [1.82, 2.24) is 9.55 Å². The molecule has 54 heavy (non-hydrogen) atoms. The van der Waals surface area contributed by atoms with E-state index in [1.807, 2.05) is 12.1 Å². The van der Waals surface area contributed by atoms with Crippen LogP contribution in [0.4, 0.5) is 0 Å². The maximum absolute atomic E-state index is 12.4. The fourth-order valence-corrected chi connectivity index (χ4v) is 7.77. The average molecular weight is 711 g/mol. The van der Waals surface area contributed by atoms with Crippen LogP contribution < -0.4 is 0 Å². The van der Waals surface area contributed by atoms with Crippen molar-refractivity contribution in [2.75, 3.05) is 0 Å². The van der Waals surface area contributed by atoms with Gasteiger partial charge in [0.1, 0.15) is 22.7 Å². The van der Waals surface area contributed by atoms with Crippen LogP contribution in [0, 0.1) is 6.92 Å². The molecule has 0 aliphatic heterocycles. The Morgan fingerprint density at radius 2 is 1.26 bits per heavy atom. The molecule has 6 aromatic carbocycles. The first-order valence-corrected chi connectivity index (χ1v) is 19.0. The Morgan fingerprint density at radius 3 is 1.96 bits per heavy atom. The van der Waals surface area contributed by atoms with Gasteiger partial charge in [0.2, 0.25) is 0 Å². The molecule has 4 nitrogen and oxygen atoms in total. The molecular formula is C50H50N2O2. The predicted molar refractivity (Wildman–Crippen MR) is 227 cm³/mol. The molecule has 0 aliphatic rings. The molecule has 8 rings (SSSR count). The Bertz CT molecular complexity index is 2720. The minimum absolute atomic E-state index is 0.0518. The van der Waals surface area contributed by atoms with Crippen LogP contribution >= 0.6 is 0 Å². The lowest BCUT2D eigenvalue weighted by molar-refractivity contribution is 0.446. The van der Waals surface area contributed by atoms with Crippen LogP contribution in [-0.4, -0.2) is 14.7 Å². The van der Waals surface area contributed by atoms with E-state index >= 15 is 0 Å². The molecule has 0 fully saturated rings. The molecular weight excluding hydrogens is 661 g/mol. The molecule has 0 unspecified atom stereocenters. The topological polar surface area (TPSA) is 51.2 Å². The molecule has 0 saturated carbocycles. The third kappa shape index (κ3) is 5.98. The normalized spacial score (nSPS) is 12.7. The molecule has 0 amide bonds. The summed E-state index contributed by atoms with van der Waals surface area (Å²) in [7, 11) is 0. The van der Waals surface area contributed by atoms with E-state index in [0.717, 1.165) is 83.2 Å². The number of phenolic OH excluding ortho intramolecular Hbond substituents is 1. The highest BCUT2D eigenvalue weighted by Crippen LogP contribution is 2.46. The second-order valence-corrected chi connectivity index (χ2v) is 18.0. The van der Waals surface area contributed by atoms with Crippen molar-refractivity contribution in [3.05, 3.63) is 138 Å². The van der Waals surface area contributed by atoms with Gasteiger partial charge in [-0.15, -0.1) is 0 Å². The maximum atomic E-state index is 12.4. The molecule has 2 heterocycles. The van der Waals surface area contributed by atoms with Gasteiger partial charge in [0, 0.05) is 27.5 Å². The van der Waals surface area contributed by atoms with Gasteiger partial charge in [0.25, 0.3) is 0 Å². The van der Waals surface area contributed by atoms with Crippen LogP contribution in [0.3, 0.4) is 0 Å². The van der Waals surface area contributed by atoms with E-state index in [1.54, 1.807) is 0 Å². The zero-order valence-electron chi connectivity index (χ0n) is 33.2. The molecule has 4 heteroatoms. The number of para-hydroxylation sites is 2. The fourth-order valence-electron chi connectivity index (χ4n) is 7.77. The third-order valence-corrected chi connectivity index (χ3v) is 10.9. The molecule has 0 saturated heterocycles. The highest BCUT2D eigenvalue weighted by molar-refractivity contribution is 6.08. The Hall–Kier alpha value is -5.61. The number of hydrogen-bond acceptors (Lipinski definition) is 3. The number of benzene rings is 6. The number of phenols is 1. The van der Waals surface area contributed by atoms with Gasteiger partial charge in [0.15, 0.2) is 0 Å². The second kappa shape index (κ2) is 12.5. The fraction of sp³-hybridized carbons (Fsp3) is 0.260. The largest absolute Gasteiger partial charge is 0.507 e. The van der Waals surface area contributed by atoms with Gasteiger partial charge >= 0.3 is 0 Å². The Morgan fingerprint density at radius 1 is 0.574 bits per heavy atom. The van der Waals surface area contributed by atoms with Crippen LogP contribution in [0.2, 0.25) is 0 Å². The summed E-state index contributed by atoms with van der Waals surface area (Å²) in [6, 6.07) is 40.9. The Labute approximate surface area is 319 Å². The van der Waals surface area contributed by atoms with Gasteiger partial charge in [-0.25, -0.2) is 4.98 Å². The van der Waals surface area contributed by atoms with Crippen molar-refractivity contribution < 1.29 is 9.52 Å². The summed E-state index contributed by atoms with van der Waals surface area (Å²) in [5.74, 6) is 0.974. The Kier molecular flexibility index (Phi) is 8.19. The monoisotopic (exact) mass is 710 g/mol. The molecule has 8 aromatic rings. The highest BCUT2D eigenvalue weighted by Gasteiger charge is 2.29. The summed E-state index contributed by atoms with van der Waals surface area (Å²) in [6.07, 6.45) is 0. The number of aromatic nitrogens is 2. The van der Waals surface area contributed by atoms with Crippen molar-refractivity contribution in [3.63, 3.8) is 0 Å². The summed E-state index contributed by atoms with van der Waals surface area (Å²) in [6.45, 7) is 22.1. The lowest BCUT2D eigenvalue weighted by atomic mass is 9.79. The first-order valence-electron chi connectivity index (χ1n) is 19.0. The van der Waals surface area contributed by atoms with E-state index < -0.39 is 0 Å². The van der Waals surface area contributed by atoms with E-state index in [0.29, 0.717) is 5.82 Å². The number of aromatic hydroxyl groups is 1. The lowest BCUT2D eigenvalue weighted by Gasteiger charge is -2.28. The van der Waals surface area contributed by atoms with E-state index in [1.165, 1.54) is 5.56 Å². The van der Waals surface area contributed by atoms with Gasteiger partial charge in [-0.1, -0.05) is 135 Å². The van der Waals surface area contributed by atoms with Crippen LogP contribution in [0.25, 0.3) is 72.3 Å². The van der Waals surface area contributed by atoms with Gasteiger partial charge in [-0.2, -0.15) is 0 Å². The van der Waals surface area contributed by atoms with Crippen LogP contribution in [-0.2, 0) is 16.2 Å². The van der Waals surface area contributed by atoms with E-state index in [2.05, 4.69) is 177 Å². The van der Waals surface area contributed by atoms with Gasteiger partial charge in [-0.3, -0.25) is 4.57 Å². The summed E-state index contributed by atoms with van der Waals surface area (Å²) in [5.41, 5.74) is 13.6. The van der Waals surface area contributed by atoms with Crippen LogP contribution in [0.5, 0.6) is 5.75 Å². The van der Waals surface area contributed by atoms with Crippen molar-refractivity contribution in [2.24, 2.45) is 0 Å². The number of imidazole rings is 1.